The van der Waals surface area contributed by atoms with Crippen LogP contribution in [0.2, 0.25) is 0 Å². The molecule has 2 aromatic rings. The first-order valence-corrected chi connectivity index (χ1v) is 4.12. The second kappa shape index (κ2) is 3.10. The number of hydrogen-bond acceptors (Lipinski definition) is 4. The quantitative estimate of drug-likeness (QED) is 0.684. The van der Waals surface area contributed by atoms with Crippen molar-refractivity contribution in [3.05, 3.63) is 23.7 Å². The largest absolute Gasteiger partial charge is 0.464 e. The highest BCUT2D eigenvalue weighted by Crippen LogP contribution is 2.17. The number of ether oxygens (including phenoxy) is 1. The Morgan fingerprint density at radius 1 is 1.57 bits per heavy atom. The number of fused-ring (bicyclic) bond motifs is 1. The van der Waals surface area contributed by atoms with Crippen LogP contribution in [-0.2, 0) is 4.74 Å². The van der Waals surface area contributed by atoms with Gasteiger partial charge in [0.25, 0.3) is 0 Å². The molecule has 0 amide bonds. The number of aromatic nitrogens is 3. The molecule has 2 aromatic heterocycles. The highest BCUT2D eigenvalue weighted by Gasteiger charge is 2.14. The molecule has 0 bridgehead atoms. The summed E-state index contributed by atoms with van der Waals surface area (Å²) < 4.78 is 4.60. The lowest BCUT2D eigenvalue weighted by Gasteiger charge is -1.97. The van der Waals surface area contributed by atoms with Gasteiger partial charge in [0.05, 0.1) is 7.11 Å². The zero-order valence-electron chi connectivity index (χ0n) is 7.87. The van der Waals surface area contributed by atoms with E-state index in [4.69, 9.17) is 0 Å². The Bertz CT molecular complexity index is 490. The van der Waals surface area contributed by atoms with Gasteiger partial charge in [0.15, 0.2) is 5.69 Å². The van der Waals surface area contributed by atoms with Gasteiger partial charge in [-0.05, 0) is 13.0 Å². The number of H-pyrrole nitrogens is 1. The number of carbonyl (C=O) groups excluding carboxylic acids is 1. The van der Waals surface area contributed by atoms with Crippen molar-refractivity contribution in [2.24, 2.45) is 0 Å². The zero-order chi connectivity index (χ0) is 10.1. The van der Waals surface area contributed by atoms with Gasteiger partial charge >= 0.3 is 5.97 Å². The van der Waals surface area contributed by atoms with E-state index in [1.54, 1.807) is 12.3 Å². The molecular weight excluding hydrogens is 182 g/mol. The molecule has 1 N–H and O–H groups in total. The van der Waals surface area contributed by atoms with Crippen molar-refractivity contribution in [1.29, 1.82) is 0 Å². The number of hydrogen-bond donors (Lipinski definition) is 1. The average Bonchev–Trinajstić information content (AvgIpc) is 2.59. The van der Waals surface area contributed by atoms with E-state index in [1.165, 1.54) is 7.11 Å². The predicted molar refractivity (Wildman–Crippen MR) is 50.0 cm³/mol. The van der Waals surface area contributed by atoms with E-state index in [0.717, 1.165) is 11.1 Å². The number of pyridine rings is 1. The van der Waals surface area contributed by atoms with Gasteiger partial charge in [0.1, 0.15) is 5.52 Å². The summed E-state index contributed by atoms with van der Waals surface area (Å²) in [6.45, 7) is 1.89. The van der Waals surface area contributed by atoms with Gasteiger partial charge in [-0.25, -0.2) is 9.78 Å². The molecule has 0 saturated carbocycles. The van der Waals surface area contributed by atoms with Crippen molar-refractivity contribution in [1.82, 2.24) is 15.2 Å². The Morgan fingerprint density at radius 2 is 2.36 bits per heavy atom. The molecule has 0 fully saturated rings. The second-order valence-corrected chi connectivity index (χ2v) is 2.90. The van der Waals surface area contributed by atoms with E-state index < -0.39 is 5.97 Å². The first kappa shape index (κ1) is 8.68. The van der Waals surface area contributed by atoms with Gasteiger partial charge < -0.3 is 4.74 Å². The summed E-state index contributed by atoms with van der Waals surface area (Å²) in [5, 5.41) is 7.69. The molecule has 0 saturated heterocycles. The van der Waals surface area contributed by atoms with Crippen LogP contribution in [0.25, 0.3) is 10.9 Å². The van der Waals surface area contributed by atoms with Crippen molar-refractivity contribution in [2.75, 3.05) is 7.11 Å². The normalized spacial score (nSPS) is 10.4. The van der Waals surface area contributed by atoms with Crippen molar-refractivity contribution in [3.8, 4) is 0 Å². The van der Waals surface area contributed by atoms with E-state index in [9.17, 15) is 4.79 Å². The van der Waals surface area contributed by atoms with E-state index >= 15 is 0 Å². The summed E-state index contributed by atoms with van der Waals surface area (Å²) in [5.41, 5.74) is 1.71. The summed E-state index contributed by atoms with van der Waals surface area (Å²) in [6, 6.07) is 1.81. The van der Waals surface area contributed by atoms with Gasteiger partial charge in [-0.1, -0.05) is 0 Å². The van der Waals surface area contributed by atoms with Crippen LogP contribution in [-0.4, -0.2) is 28.3 Å². The molecule has 2 rings (SSSR count). The van der Waals surface area contributed by atoms with Crippen LogP contribution in [0, 0.1) is 6.92 Å². The van der Waals surface area contributed by atoms with Gasteiger partial charge in [-0.2, -0.15) is 5.10 Å². The molecule has 0 aromatic carbocycles. The minimum atomic E-state index is -0.470. The number of nitrogens with one attached hydrogen (secondary N) is 1. The van der Waals surface area contributed by atoms with Crippen LogP contribution in [0.15, 0.2) is 12.3 Å². The standard InChI is InChI=1S/C9H9N3O2/c1-5-6-3-4-10-8(9(13)14-2)7(6)12-11-5/h3-4H,1-2H3,(H,11,12). The minimum absolute atomic E-state index is 0.245. The molecular formula is C9H9N3O2. The fraction of sp³-hybridized carbons (Fsp3) is 0.222. The number of carbonyl (C=O) groups is 1. The Balaban J connectivity index is 2.71. The number of aryl methyl sites for hydroxylation is 1. The first-order valence-electron chi connectivity index (χ1n) is 4.12. The Labute approximate surface area is 80.1 Å². The summed E-state index contributed by atoms with van der Waals surface area (Å²) in [7, 11) is 1.32. The molecule has 0 spiro atoms. The smallest absolute Gasteiger partial charge is 0.359 e. The van der Waals surface area contributed by atoms with Crippen molar-refractivity contribution >= 4 is 16.9 Å². The molecule has 0 aliphatic rings. The molecule has 0 aliphatic heterocycles. The third kappa shape index (κ3) is 1.14. The maximum absolute atomic E-state index is 11.3. The zero-order valence-corrected chi connectivity index (χ0v) is 7.87. The fourth-order valence-corrected chi connectivity index (χ4v) is 1.32. The van der Waals surface area contributed by atoms with Gasteiger partial charge in [0, 0.05) is 17.3 Å². The summed E-state index contributed by atoms with van der Waals surface area (Å²) in [5.74, 6) is -0.470. The number of rotatable bonds is 1. The third-order valence-electron chi connectivity index (χ3n) is 2.04. The highest BCUT2D eigenvalue weighted by molar-refractivity contribution is 6.01. The van der Waals surface area contributed by atoms with Gasteiger partial charge in [-0.3, -0.25) is 5.10 Å². The highest BCUT2D eigenvalue weighted by atomic mass is 16.5. The lowest BCUT2D eigenvalue weighted by Crippen LogP contribution is -2.04. The van der Waals surface area contributed by atoms with Crippen LogP contribution in [0.5, 0.6) is 0 Å². The van der Waals surface area contributed by atoms with Crippen LogP contribution >= 0.6 is 0 Å². The van der Waals surface area contributed by atoms with E-state index in [-0.39, 0.29) is 5.69 Å². The molecule has 2 heterocycles. The predicted octanol–water partition coefficient (Wildman–Crippen LogP) is 1.05. The van der Waals surface area contributed by atoms with Gasteiger partial charge in [-0.15, -0.1) is 0 Å². The lowest BCUT2D eigenvalue weighted by molar-refractivity contribution is 0.0596. The van der Waals surface area contributed by atoms with Crippen LogP contribution in [0.1, 0.15) is 16.2 Å². The molecule has 0 aliphatic carbocycles. The van der Waals surface area contributed by atoms with Crippen LogP contribution < -0.4 is 0 Å². The molecule has 0 radical (unpaired) electrons. The Morgan fingerprint density at radius 3 is 3.07 bits per heavy atom. The molecule has 0 unspecified atom stereocenters. The maximum Gasteiger partial charge on any atom is 0.359 e. The SMILES string of the molecule is COC(=O)c1nccc2c(C)[nH]nc12. The number of methoxy groups -OCH3 is 1. The maximum atomic E-state index is 11.3. The summed E-state index contributed by atoms with van der Waals surface area (Å²) >= 11 is 0. The lowest BCUT2D eigenvalue weighted by atomic mass is 10.2. The number of aromatic amines is 1. The molecule has 0 atom stereocenters. The first-order chi connectivity index (χ1) is 6.74. The van der Waals surface area contributed by atoms with Crippen LogP contribution in [0.4, 0.5) is 0 Å². The number of esters is 1. The second-order valence-electron chi connectivity index (χ2n) is 2.90. The topological polar surface area (TPSA) is 67.9 Å². The van der Waals surface area contributed by atoms with E-state index in [2.05, 4.69) is 19.9 Å². The number of nitrogens with zero attached hydrogens (tertiary/aromatic N) is 2. The molecule has 72 valence electrons. The van der Waals surface area contributed by atoms with Crippen LogP contribution in [0.3, 0.4) is 0 Å². The minimum Gasteiger partial charge on any atom is -0.464 e. The summed E-state index contributed by atoms with van der Waals surface area (Å²) in [6.07, 6.45) is 1.57. The van der Waals surface area contributed by atoms with Gasteiger partial charge in [0.2, 0.25) is 0 Å². The van der Waals surface area contributed by atoms with Crippen molar-refractivity contribution in [3.63, 3.8) is 0 Å². The third-order valence-corrected chi connectivity index (χ3v) is 2.04. The molecule has 14 heavy (non-hydrogen) atoms. The molecule has 5 nitrogen and oxygen atoms in total. The van der Waals surface area contributed by atoms with Crippen molar-refractivity contribution < 1.29 is 9.53 Å². The Kier molecular flexibility index (Phi) is 1.92. The Hall–Kier alpha value is -1.91. The fourth-order valence-electron chi connectivity index (χ4n) is 1.32. The monoisotopic (exact) mass is 191 g/mol. The van der Waals surface area contributed by atoms with E-state index in [0.29, 0.717) is 5.52 Å². The van der Waals surface area contributed by atoms with Crippen molar-refractivity contribution in [2.45, 2.75) is 6.92 Å². The average molecular weight is 191 g/mol. The van der Waals surface area contributed by atoms with E-state index in [1.807, 2.05) is 6.92 Å². The molecule has 5 heteroatoms. The summed E-state index contributed by atoms with van der Waals surface area (Å²) in [4.78, 5) is 15.2.